The average molecular weight is 294 g/mol. The number of hydrogen-bond donors (Lipinski definition) is 0. The van der Waals surface area contributed by atoms with Crippen LogP contribution >= 0.6 is 11.3 Å². The van der Waals surface area contributed by atoms with Gasteiger partial charge in [-0.1, -0.05) is 37.3 Å². The Labute approximate surface area is 127 Å². The molecule has 0 saturated carbocycles. The SMILES string of the molecule is CC(C)c1ccc(-n2nnc(C#N)c2-c2cccs2)cc1. The zero-order chi connectivity index (χ0) is 14.8. The first-order chi connectivity index (χ1) is 10.2. The lowest BCUT2D eigenvalue weighted by atomic mass is 10.0. The predicted octanol–water partition coefficient (Wildman–Crippen LogP) is 3.99. The fourth-order valence-electron chi connectivity index (χ4n) is 2.17. The Bertz CT molecular complexity index is 777. The van der Waals surface area contributed by atoms with Crippen molar-refractivity contribution in [3.05, 3.63) is 53.0 Å². The normalized spacial score (nSPS) is 10.8. The van der Waals surface area contributed by atoms with Crippen molar-refractivity contribution in [2.45, 2.75) is 19.8 Å². The van der Waals surface area contributed by atoms with Gasteiger partial charge in [-0.3, -0.25) is 0 Å². The van der Waals surface area contributed by atoms with E-state index in [1.165, 1.54) is 5.56 Å². The molecule has 2 heterocycles. The Kier molecular flexibility index (Phi) is 3.55. The highest BCUT2D eigenvalue weighted by Gasteiger charge is 2.16. The monoisotopic (exact) mass is 294 g/mol. The second-order valence-corrected chi connectivity index (χ2v) is 5.98. The Morgan fingerprint density at radius 1 is 1.19 bits per heavy atom. The van der Waals surface area contributed by atoms with Gasteiger partial charge in [-0.2, -0.15) is 5.26 Å². The molecule has 1 aromatic carbocycles. The van der Waals surface area contributed by atoms with E-state index in [9.17, 15) is 5.26 Å². The first-order valence-electron chi connectivity index (χ1n) is 6.70. The lowest BCUT2D eigenvalue weighted by Crippen LogP contribution is -1.99. The number of hydrogen-bond acceptors (Lipinski definition) is 4. The second kappa shape index (κ2) is 5.51. The van der Waals surface area contributed by atoms with Gasteiger partial charge in [-0.25, -0.2) is 4.68 Å². The molecule has 0 amide bonds. The molecule has 5 heteroatoms. The molecule has 104 valence electrons. The molecular formula is C16H14N4S. The Morgan fingerprint density at radius 3 is 2.52 bits per heavy atom. The molecule has 0 radical (unpaired) electrons. The average Bonchev–Trinajstić information content (AvgIpc) is 3.15. The van der Waals surface area contributed by atoms with Crippen LogP contribution in [0, 0.1) is 11.3 Å². The molecule has 0 spiro atoms. The summed E-state index contributed by atoms with van der Waals surface area (Å²) in [7, 11) is 0. The van der Waals surface area contributed by atoms with Gasteiger partial charge in [0.25, 0.3) is 0 Å². The van der Waals surface area contributed by atoms with Crippen molar-refractivity contribution < 1.29 is 0 Å². The van der Waals surface area contributed by atoms with E-state index in [0.717, 1.165) is 16.3 Å². The fourth-order valence-corrected chi connectivity index (χ4v) is 2.93. The summed E-state index contributed by atoms with van der Waals surface area (Å²) < 4.78 is 1.73. The lowest BCUT2D eigenvalue weighted by molar-refractivity contribution is 0.804. The molecule has 0 aliphatic heterocycles. The maximum Gasteiger partial charge on any atom is 0.191 e. The molecule has 0 aliphatic carbocycles. The van der Waals surface area contributed by atoms with Gasteiger partial charge in [0, 0.05) is 0 Å². The summed E-state index contributed by atoms with van der Waals surface area (Å²) in [6.07, 6.45) is 0. The number of aromatic nitrogens is 3. The number of nitriles is 1. The van der Waals surface area contributed by atoms with Gasteiger partial charge in [0.1, 0.15) is 11.8 Å². The van der Waals surface area contributed by atoms with Crippen LogP contribution in [0.25, 0.3) is 16.3 Å². The van der Waals surface area contributed by atoms with Crippen molar-refractivity contribution in [3.63, 3.8) is 0 Å². The highest BCUT2D eigenvalue weighted by molar-refractivity contribution is 7.13. The third kappa shape index (κ3) is 2.46. The fraction of sp³-hybridized carbons (Fsp3) is 0.188. The van der Waals surface area contributed by atoms with E-state index in [4.69, 9.17) is 0 Å². The quantitative estimate of drug-likeness (QED) is 0.734. The summed E-state index contributed by atoms with van der Waals surface area (Å²) in [6.45, 7) is 4.32. The van der Waals surface area contributed by atoms with E-state index in [-0.39, 0.29) is 0 Å². The number of benzene rings is 1. The molecule has 0 bridgehead atoms. The second-order valence-electron chi connectivity index (χ2n) is 5.03. The minimum atomic E-state index is 0.352. The molecule has 2 aromatic heterocycles. The van der Waals surface area contributed by atoms with Crippen LogP contribution in [0.2, 0.25) is 0 Å². The first kappa shape index (κ1) is 13.5. The Hall–Kier alpha value is -2.45. The lowest BCUT2D eigenvalue weighted by Gasteiger charge is -2.08. The van der Waals surface area contributed by atoms with Crippen LogP contribution < -0.4 is 0 Å². The van der Waals surface area contributed by atoms with Crippen molar-refractivity contribution in [1.29, 1.82) is 5.26 Å². The molecule has 0 saturated heterocycles. The molecule has 4 nitrogen and oxygen atoms in total. The third-order valence-electron chi connectivity index (χ3n) is 3.34. The van der Waals surface area contributed by atoms with Crippen molar-refractivity contribution in [2.24, 2.45) is 0 Å². The Balaban J connectivity index is 2.11. The topological polar surface area (TPSA) is 54.5 Å². The predicted molar refractivity (Wildman–Crippen MR) is 83.5 cm³/mol. The molecule has 0 fully saturated rings. The summed E-state index contributed by atoms with van der Waals surface area (Å²) in [5, 5.41) is 19.3. The first-order valence-corrected chi connectivity index (χ1v) is 7.58. The van der Waals surface area contributed by atoms with Crippen molar-refractivity contribution in [2.75, 3.05) is 0 Å². The summed E-state index contributed by atoms with van der Waals surface area (Å²) in [5.74, 6) is 0.487. The molecule has 0 unspecified atom stereocenters. The van der Waals surface area contributed by atoms with E-state index in [2.05, 4.69) is 42.4 Å². The highest BCUT2D eigenvalue weighted by atomic mass is 32.1. The molecular weight excluding hydrogens is 280 g/mol. The molecule has 0 aliphatic rings. The van der Waals surface area contributed by atoms with Gasteiger partial charge in [0.15, 0.2) is 5.69 Å². The Morgan fingerprint density at radius 2 is 1.95 bits per heavy atom. The smallest absolute Gasteiger partial charge is 0.191 e. The van der Waals surface area contributed by atoms with E-state index >= 15 is 0 Å². The zero-order valence-electron chi connectivity index (χ0n) is 11.8. The van der Waals surface area contributed by atoms with Gasteiger partial charge in [0.05, 0.1) is 10.6 Å². The summed E-state index contributed by atoms with van der Waals surface area (Å²) in [4.78, 5) is 0.990. The third-order valence-corrected chi connectivity index (χ3v) is 4.21. The van der Waals surface area contributed by atoms with Crippen LogP contribution in [-0.4, -0.2) is 15.0 Å². The van der Waals surface area contributed by atoms with Gasteiger partial charge in [-0.05, 0) is 35.1 Å². The maximum absolute atomic E-state index is 9.23. The van der Waals surface area contributed by atoms with Crippen LogP contribution in [0.3, 0.4) is 0 Å². The number of nitrogens with zero attached hydrogens (tertiary/aromatic N) is 4. The van der Waals surface area contributed by atoms with Crippen LogP contribution in [0.15, 0.2) is 41.8 Å². The van der Waals surface area contributed by atoms with Gasteiger partial charge >= 0.3 is 0 Å². The van der Waals surface area contributed by atoms with E-state index < -0.39 is 0 Å². The zero-order valence-corrected chi connectivity index (χ0v) is 12.6. The molecule has 0 N–H and O–H groups in total. The maximum atomic E-state index is 9.23. The van der Waals surface area contributed by atoms with Crippen molar-refractivity contribution in [3.8, 4) is 22.3 Å². The summed E-state index contributed by atoms with van der Waals surface area (Å²) in [6, 6.07) is 14.3. The van der Waals surface area contributed by atoms with E-state index in [0.29, 0.717) is 11.6 Å². The number of thiophene rings is 1. The summed E-state index contributed by atoms with van der Waals surface area (Å²) >= 11 is 1.58. The van der Waals surface area contributed by atoms with Gasteiger partial charge < -0.3 is 0 Å². The minimum Gasteiger partial charge on any atom is -0.211 e. The molecule has 21 heavy (non-hydrogen) atoms. The molecule has 0 atom stereocenters. The van der Waals surface area contributed by atoms with Crippen LogP contribution in [0.5, 0.6) is 0 Å². The van der Waals surface area contributed by atoms with Gasteiger partial charge in [-0.15, -0.1) is 16.4 Å². The minimum absolute atomic E-state index is 0.352. The van der Waals surface area contributed by atoms with Crippen molar-refractivity contribution in [1.82, 2.24) is 15.0 Å². The number of rotatable bonds is 3. The van der Waals surface area contributed by atoms with E-state index in [1.54, 1.807) is 16.0 Å². The summed E-state index contributed by atoms with van der Waals surface area (Å²) in [5.41, 5.74) is 3.30. The molecule has 3 rings (SSSR count). The standard InChI is InChI=1S/C16H14N4S/c1-11(2)12-5-7-13(8-6-12)20-16(14(10-17)18-19-20)15-4-3-9-21-15/h3-9,11H,1-2H3. The van der Waals surface area contributed by atoms with Crippen LogP contribution in [-0.2, 0) is 0 Å². The van der Waals surface area contributed by atoms with Crippen LogP contribution in [0.4, 0.5) is 0 Å². The van der Waals surface area contributed by atoms with E-state index in [1.807, 2.05) is 29.6 Å². The highest BCUT2D eigenvalue weighted by Crippen LogP contribution is 2.29. The van der Waals surface area contributed by atoms with Crippen LogP contribution in [0.1, 0.15) is 31.0 Å². The van der Waals surface area contributed by atoms with Gasteiger partial charge in [0.2, 0.25) is 0 Å². The largest absolute Gasteiger partial charge is 0.211 e. The van der Waals surface area contributed by atoms with Crippen molar-refractivity contribution >= 4 is 11.3 Å². The molecule has 3 aromatic rings.